The van der Waals surface area contributed by atoms with Crippen molar-refractivity contribution in [2.75, 3.05) is 6.61 Å². The van der Waals surface area contributed by atoms with Gasteiger partial charge in [0, 0.05) is 22.4 Å². The van der Waals surface area contributed by atoms with E-state index in [2.05, 4.69) is 0 Å². The lowest BCUT2D eigenvalue weighted by atomic mass is 9.96. The number of phenolic OH excluding ortho intramolecular Hbond substituents is 1. The van der Waals surface area contributed by atoms with Crippen LogP contribution in [0, 0.1) is 6.92 Å². The number of halogens is 2. The van der Waals surface area contributed by atoms with Crippen LogP contribution in [0.15, 0.2) is 36.4 Å². The molecule has 0 aliphatic heterocycles. The van der Waals surface area contributed by atoms with Crippen molar-refractivity contribution < 1.29 is 24.5 Å². The lowest BCUT2D eigenvalue weighted by Gasteiger charge is -2.18. The predicted octanol–water partition coefficient (Wildman–Crippen LogP) is 5.03. The van der Waals surface area contributed by atoms with Gasteiger partial charge in [0.05, 0.1) is 10.6 Å². The normalized spacial score (nSPS) is 10.8. The van der Waals surface area contributed by atoms with Gasteiger partial charge in [-0.25, -0.2) is 4.79 Å². The summed E-state index contributed by atoms with van der Waals surface area (Å²) in [5, 5.41) is 22.1. The Hall–Kier alpha value is -2.76. The van der Waals surface area contributed by atoms with Gasteiger partial charge in [0.1, 0.15) is 11.5 Å². The molecule has 0 bridgehead atoms. The Labute approximate surface area is 171 Å². The molecule has 7 heteroatoms. The first-order valence-corrected chi connectivity index (χ1v) is 9.10. The molecule has 0 heterocycles. The predicted molar refractivity (Wildman–Crippen MR) is 108 cm³/mol. The van der Waals surface area contributed by atoms with E-state index in [9.17, 15) is 14.7 Å². The highest BCUT2D eigenvalue weighted by Crippen LogP contribution is 2.42. The molecule has 0 aliphatic rings. The minimum Gasteiger partial charge on any atom is -0.507 e. The average molecular weight is 419 g/mol. The molecule has 3 aromatic rings. The molecule has 3 rings (SSSR count). The third-order valence-electron chi connectivity index (χ3n) is 4.48. The topological polar surface area (TPSA) is 83.8 Å². The van der Waals surface area contributed by atoms with Crippen molar-refractivity contribution in [1.82, 2.24) is 0 Å². The summed E-state index contributed by atoms with van der Waals surface area (Å²) < 4.78 is 5.34. The van der Waals surface area contributed by atoms with E-state index in [-0.39, 0.29) is 34.1 Å². The third-order valence-corrected chi connectivity index (χ3v) is 5.26. The Morgan fingerprint density at radius 3 is 2.64 bits per heavy atom. The van der Waals surface area contributed by atoms with Crippen LogP contribution >= 0.6 is 23.2 Å². The summed E-state index contributed by atoms with van der Waals surface area (Å²) in [7, 11) is 0. The summed E-state index contributed by atoms with van der Waals surface area (Å²) in [4.78, 5) is 22.4. The maximum absolute atomic E-state index is 11.4. The number of carboxylic acids is 1. The van der Waals surface area contributed by atoms with E-state index >= 15 is 0 Å². The van der Waals surface area contributed by atoms with E-state index in [4.69, 9.17) is 33.0 Å². The van der Waals surface area contributed by atoms with Crippen LogP contribution in [0.1, 0.15) is 27.0 Å². The van der Waals surface area contributed by atoms with Gasteiger partial charge >= 0.3 is 5.97 Å². The molecular formula is C21H16Cl2O5. The van der Waals surface area contributed by atoms with Crippen LogP contribution in [0.5, 0.6) is 11.5 Å². The molecule has 28 heavy (non-hydrogen) atoms. The van der Waals surface area contributed by atoms with Crippen molar-refractivity contribution in [1.29, 1.82) is 0 Å². The molecule has 0 aliphatic carbocycles. The van der Waals surface area contributed by atoms with Crippen molar-refractivity contribution in [3.8, 4) is 11.5 Å². The van der Waals surface area contributed by atoms with Crippen LogP contribution in [0.4, 0.5) is 0 Å². The molecule has 0 saturated carbocycles. The van der Waals surface area contributed by atoms with Gasteiger partial charge in [-0.2, -0.15) is 0 Å². The fourth-order valence-electron chi connectivity index (χ4n) is 3.07. The van der Waals surface area contributed by atoms with E-state index in [1.165, 1.54) is 0 Å². The molecule has 0 saturated heterocycles. The number of benzene rings is 3. The van der Waals surface area contributed by atoms with Crippen molar-refractivity contribution >= 4 is 46.2 Å². The molecule has 144 valence electrons. The Bertz CT molecular complexity index is 1090. The van der Waals surface area contributed by atoms with Gasteiger partial charge in [-0.05, 0) is 29.5 Å². The van der Waals surface area contributed by atoms with Crippen LogP contribution in [-0.2, 0) is 11.2 Å². The van der Waals surface area contributed by atoms with Crippen molar-refractivity contribution in [3.63, 3.8) is 0 Å². The maximum Gasteiger partial charge on any atom is 0.341 e. The number of carbonyl (C=O) groups excluding carboxylic acids is 1. The number of fused-ring (bicyclic) bond motifs is 1. The SMILES string of the molecule is Cc1c(Cl)c(OCC(=O)O)c(Cc2ccc3c(Cl)cccc3c2)c(O)c1C=O. The molecule has 0 fully saturated rings. The van der Waals surface area contributed by atoms with E-state index in [0.29, 0.717) is 16.9 Å². The molecule has 0 spiro atoms. The third kappa shape index (κ3) is 3.77. The second-order valence-corrected chi connectivity index (χ2v) is 7.07. The zero-order chi connectivity index (χ0) is 20.4. The van der Waals surface area contributed by atoms with E-state index in [1.807, 2.05) is 30.3 Å². The van der Waals surface area contributed by atoms with Crippen molar-refractivity contribution in [3.05, 3.63) is 68.7 Å². The van der Waals surface area contributed by atoms with Crippen LogP contribution in [0.2, 0.25) is 10.0 Å². The number of carbonyl (C=O) groups is 2. The van der Waals surface area contributed by atoms with Crippen LogP contribution < -0.4 is 4.74 Å². The molecule has 0 unspecified atom stereocenters. The maximum atomic E-state index is 11.4. The number of rotatable bonds is 6. The van der Waals surface area contributed by atoms with Gasteiger partial charge in [-0.1, -0.05) is 53.5 Å². The second kappa shape index (κ2) is 8.09. The van der Waals surface area contributed by atoms with Crippen molar-refractivity contribution in [2.45, 2.75) is 13.3 Å². The first-order chi connectivity index (χ1) is 13.3. The summed E-state index contributed by atoms with van der Waals surface area (Å²) in [6.45, 7) is 0.931. The first kappa shape index (κ1) is 20.0. The average Bonchev–Trinajstić information content (AvgIpc) is 2.66. The number of phenols is 1. The number of hydrogen-bond acceptors (Lipinski definition) is 4. The standard InChI is InChI=1S/C21H16Cl2O5/c1-11-16(9-24)20(27)15(21(19(11)23)28-10-18(25)26)8-12-5-6-14-13(7-12)3-2-4-17(14)22/h2-7,9,27H,8,10H2,1H3,(H,25,26). The fraction of sp³-hybridized carbons (Fsp3) is 0.143. The van der Waals surface area contributed by atoms with E-state index in [0.717, 1.165) is 16.3 Å². The molecule has 0 atom stereocenters. The zero-order valence-corrected chi connectivity index (χ0v) is 16.3. The Morgan fingerprint density at radius 2 is 1.96 bits per heavy atom. The second-order valence-electron chi connectivity index (χ2n) is 6.28. The van der Waals surface area contributed by atoms with Gasteiger partial charge in [-0.3, -0.25) is 4.79 Å². The highest BCUT2D eigenvalue weighted by Gasteiger charge is 2.23. The number of ether oxygens (including phenoxy) is 1. The number of aromatic hydroxyl groups is 1. The summed E-state index contributed by atoms with van der Waals surface area (Å²) >= 11 is 12.5. The highest BCUT2D eigenvalue weighted by molar-refractivity contribution is 6.35. The monoisotopic (exact) mass is 418 g/mol. The summed E-state index contributed by atoms with van der Waals surface area (Å²) in [5.41, 5.74) is 1.43. The lowest BCUT2D eigenvalue weighted by Crippen LogP contribution is -2.12. The summed E-state index contributed by atoms with van der Waals surface area (Å²) in [5.74, 6) is -1.40. The first-order valence-electron chi connectivity index (χ1n) is 8.34. The van der Waals surface area contributed by atoms with Crippen LogP contribution in [-0.4, -0.2) is 29.1 Å². The van der Waals surface area contributed by atoms with Gasteiger partial charge in [0.25, 0.3) is 0 Å². The minimum atomic E-state index is -1.18. The quantitative estimate of drug-likeness (QED) is 0.548. The fourth-order valence-corrected chi connectivity index (χ4v) is 3.58. The number of hydrogen-bond donors (Lipinski definition) is 2. The molecule has 0 aromatic heterocycles. The minimum absolute atomic E-state index is 0.0477. The van der Waals surface area contributed by atoms with Gasteiger partial charge in [0.15, 0.2) is 12.9 Å². The van der Waals surface area contributed by atoms with Gasteiger partial charge < -0.3 is 14.9 Å². The number of aliphatic carboxylic acids is 1. The molecule has 3 aromatic carbocycles. The van der Waals surface area contributed by atoms with Crippen LogP contribution in [0.3, 0.4) is 0 Å². The smallest absolute Gasteiger partial charge is 0.341 e. The van der Waals surface area contributed by atoms with E-state index < -0.39 is 12.6 Å². The molecule has 0 radical (unpaired) electrons. The Balaban J connectivity index is 2.12. The number of carboxylic acid groups (broad SMARTS) is 1. The summed E-state index contributed by atoms with van der Waals surface area (Å²) in [6, 6.07) is 11.1. The van der Waals surface area contributed by atoms with Gasteiger partial charge in [0.2, 0.25) is 0 Å². The Kier molecular flexibility index (Phi) is 5.77. The van der Waals surface area contributed by atoms with Crippen LogP contribution in [0.25, 0.3) is 10.8 Å². The summed E-state index contributed by atoms with van der Waals surface area (Å²) in [6.07, 6.45) is 0.700. The van der Waals surface area contributed by atoms with E-state index in [1.54, 1.807) is 13.0 Å². The highest BCUT2D eigenvalue weighted by atomic mass is 35.5. The largest absolute Gasteiger partial charge is 0.507 e. The molecular weight excluding hydrogens is 403 g/mol. The van der Waals surface area contributed by atoms with Crippen molar-refractivity contribution in [2.24, 2.45) is 0 Å². The molecule has 5 nitrogen and oxygen atoms in total. The lowest BCUT2D eigenvalue weighted by molar-refractivity contribution is -0.139. The molecule has 0 amide bonds. The van der Waals surface area contributed by atoms with Gasteiger partial charge in [-0.15, -0.1) is 0 Å². The number of aldehydes is 1. The Morgan fingerprint density at radius 1 is 1.21 bits per heavy atom. The zero-order valence-electron chi connectivity index (χ0n) is 14.8. The molecule has 2 N–H and O–H groups in total.